The molecule has 0 radical (unpaired) electrons. The Labute approximate surface area is 142 Å². The molecule has 0 bridgehead atoms. The van der Waals surface area contributed by atoms with Crippen molar-refractivity contribution in [1.82, 2.24) is 0 Å². The molecule has 0 amide bonds. The van der Waals surface area contributed by atoms with Gasteiger partial charge in [-0.05, 0) is 12.1 Å². The molecule has 2 aromatic rings. The van der Waals surface area contributed by atoms with Gasteiger partial charge in [-0.1, -0.05) is 12.1 Å². The highest BCUT2D eigenvalue weighted by Gasteiger charge is 2.18. The fourth-order valence-electron chi connectivity index (χ4n) is 2.09. The van der Waals surface area contributed by atoms with Crippen LogP contribution in [-0.4, -0.2) is 36.4 Å². The monoisotopic (exact) mass is 345 g/mol. The Morgan fingerprint density at radius 2 is 1.92 bits per heavy atom. The molecule has 0 unspecified atom stereocenters. The van der Waals surface area contributed by atoms with E-state index < -0.39 is 10.9 Å². The lowest BCUT2D eigenvalue weighted by atomic mass is 10.1. The summed E-state index contributed by atoms with van der Waals surface area (Å²) in [5.74, 6) is -0.723. The highest BCUT2D eigenvalue weighted by atomic mass is 16.6. The van der Waals surface area contributed by atoms with Crippen LogP contribution in [0.3, 0.4) is 0 Å². The van der Waals surface area contributed by atoms with E-state index in [9.17, 15) is 14.9 Å². The first-order chi connectivity index (χ1) is 12.0. The van der Waals surface area contributed by atoms with E-state index in [-0.39, 0.29) is 22.7 Å². The molecule has 130 valence electrons. The van der Waals surface area contributed by atoms with Crippen molar-refractivity contribution < 1.29 is 24.3 Å². The van der Waals surface area contributed by atoms with Crippen LogP contribution in [0.2, 0.25) is 0 Å². The van der Waals surface area contributed by atoms with Gasteiger partial charge >= 0.3 is 11.7 Å². The third-order valence-corrected chi connectivity index (χ3v) is 3.27. The summed E-state index contributed by atoms with van der Waals surface area (Å²) in [6, 6.07) is 8.86. The molecule has 0 aromatic heterocycles. The summed E-state index contributed by atoms with van der Waals surface area (Å²) in [4.78, 5) is 21.7. The zero-order valence-electron chi connectivity index (χ0n) is 13.4. The van der Waals surface area contributed by atoms with Crippen molar-refractivity contribution >= 4 is 23.6 Å². The lowest BCUT2D eigenvalue weighted by molar-refractivity contribution is -0.385. The second-order valence-electron chi connectivity index (χ2n) is 4.74. The number of methoxy groups -OCH3 is 2. The molecule has 0 aliphatic heterocycles. The number of benzene rings is 2. The highest BCUT2D eigenvalue weighted by molar-refractivity contribution is 5.94. The Bertz CT molecular complexity index is 835. The lowest BCUT2D eigenvalue weighted by Gasteiger charge is -2.08. The van der Waals surface area contributed by atoms with Gasteiger partial charge in [0.15, 0.2) is 0 Å². The highest BCUT2D eigenvalue weighted by Crippen LogP contribution is 2.33. The van der Waals surface area contributed by atoms with Gasteiger partial charge in [0.2, 0.25) is 5.75 Å². The van der Waals surface area contributed by atoms with Crippen LogP contribution in [0.25, 0.3) is 0 Å². The molecule has 0 spiro atoms. The van der Waals surface area contributed by atoms with Gasteiger partial charge in [-0.2, -0.15) is 5.10 Å². The summed E-state index contributed by atoms with van der Waals surface area (Å²) in [6.07, 6.45) is 1.30. The van der Waals surface area contributed by atoms with Gasteiger partial charge < -0.3 is 14.6 Å². The second-order valence-corrected chi connectivity index (χ2v) is 4.74. The summed E-state index contributed by atoms with van der Waals surface area (Å²) < 4.78 is 10.1. The average molecular weight is 345 g/mol. The van der Waals surface area contributed by atoms with Gasteiger partial charge in [-0.3, -0.25) is 15.5 Å². The number of nitro benzene ring substituents is 1. The smallest absolute Gasteiger partial charge is 0.337 e. The van der Waals surface area contributed by atoms with Crippen molar-refractivity contribution in [2.24, 2.45) is 5.10 Å². The molecule has 0 saturated carbocycles. The van der Waals surface area contributed by atoms with Gasteiger partial charge in [-0.25, -0.2) is 4.79 Å². The predicted molar refractivity (Wildman–Crippen MR) is 90.8 cm³/mol. The molecule has 2 aromatic carbocycles. The second kappa shape index (κ2) is 7.77. The van der Waals surface area contributed by atoms with Crippen molar-refractivity contribution in [2.75, 3.05) is 19.6 Å². The Hall–Kier alpha value is -3.62. The average Bonchev–Trinajstić information content (AvgIpc) is 2.61. The maximum absolute atomic E-state index is 11.1. The number of carbonyl (C=O) groups is 1. The van der Waals surface area contributed by atoms with Gasteiger partial charge in [0.25, 0.3) is 0 Å². The zero-order valence-corrected chi connectivity index (χ0v) is 13.4. The minimum Gasteiger partial charge on any atom is -0.496 e. The van der Waals surface area contributed by atoms with Crippen molar-refractivity contribution in [3.05, 3.63) is 57.6 Å². The number of hydrogen-bond donors (Lipinski definition) is 2. The molecule has 0 heterocycles. The minimum absolute atomic E-state index is 0.0485. The lowest BCUT2D eigenvalue weighted by Crippen LogP contribution is -2.03. The molecule has 2 rings (SSSR count). The number of nitrogens with zero attached hydrogens (tertiary/aromatic N) is 2. The summed E-state index contributed by atoms with van der Waals surface area (Å²) in [5.41, 5.74) is 3.03. The molecule has 0 aliphatic carbocycles. The molecular formula is C16H15N3O6. The van der Waals surface area contributed by atoms with Crippen LogP contribution < -0.4 is 14.9 Å². The van der Waals surface area contributed by atoms with Gasteiger partial charge in [0.05, 0.1) is 36.6 Å². The van der Waals surface area contributed by atoms with E-state index in [1.54, 1.807) is 18.2 Å². The predicted octanol–water partition coefficient (Wildman–Crippen LogP) is 2.76. The summed E-state index contributed by atoms with van der Waals surface area (Å²) >= 11 is 0. The number of rotatable bonds is 7. The van der Waals surface area contributed by atoms with Gasteiger partial charge in [0.1, 0.15) is 5.75 Å². The molecule has 2 N–H and O–H groups in total. The molecular weight excluding hydrogens is 330 g/mol. The third kappa shape index (κ3) is 4.02. The quantitative estimate of drug-likeness (QED) is 0.449. The molecule has 25 heavy (non-hydrogen) atoms. The topological polar surface area (TPSA) is 123 Å². The number of hydrazone groups is 1. The number of anilines is 1. The number of aromatic carboxylic acids is 1. The molecule has 0 aliphatic rings. The van der Waals surface area contributed by atoms with E-state index in [1.165, 1.54) is 38.6 Å². The summed E-state index contributed by atoms with van der Waals surface area (Å²) in [5, 5.41) is 24.2. The number of carboxylic acid groups (broad SMARTS) is 1. The zero-order chi connectivity index (χ0) is 18.4. The number of nitrogens with one attached hydrogen (secondary N) is 1. The molecule has 9 nitrogen and oxygen atoms in total. The normalized spacial score (nSPS) is 10.5. The van der Waals surface area contributed by atoms with Gasteiger partial charge in [0, 0.05) is 17.7 Å². The number of para-hydroxylation sites is 1. The van der Waals surface area contributed by atoms with Crippen LogP contribution in [0.15, 0.2) is 41.5 Å². The van der Waals surface area contributed by atoms with Crippen LogP contribution in [-0.2, 0) is 0 Å². The summed E-state index contributed by atoms with van der Waals surface area (Å²) in [7, 11) is 2.73. The van der Waals surface area contributed by atoms with Crippen molar-refractivity contribution in [3.63, 3.8) is 0 Å². The minimum atomic E-state index is -1.10. The Morgan fingerprint density at radius 3 is 2.52 bits per heavy atom. The number of nitro groups is 1. The molecule has 0 saturated heterocycles. The van der Waals surface area contributed by atoms with E-state index in [1.807, 2.05) is 0 Å². The van der Waals surface area contributed by atoms with E-state index in [0.29, 0.717) is 11.3 Å². The fraction of sp³-hybridized carbons (Fsp3) is 0.125. The largest absolute Gasteiger partial charge is 0.496 e. The SMILES string of the molecule is COc1cc(OC)c([N+](=O)[O-])cc1C=NNc1ccccc1C(=O)O. The molecule has 9 heteroatoms. The summed E-state index contributed by atoms with van der Waals surface area (Å²) in [6.45, 7) is 0. The maximum Gasteiger partial charge on any atom is 0.337 e. The number of ether oxygens (including phenoxy) is 2. The van der Waals surface area contributed by atoms with Crippen LogP contribution >= 0.6 is 0 Å². The van der Waals surface area contributed by atoms with Crippen LogP contribution in [0.5, 0.6) is 11.5 Å². The van der Waals surface area contributed by atoms with Crippen LogP contribution in [0.1, 0.15) is 15.9 Å². The van der Waals surface area contributed by atoms with E-state index in [4.69, 9.17) is 14.6 Å². The van der Waals surface area contributed by atoms with Crippen molar-refractivity contribution in [3.8, 4) is 11.5 Å². The Morgan fingerprint density at radius 1 is 1.24 bits per heavy atom. The van der Waals surface area contributed by atoms with Crippen LogP contribution in [0, 0.1) is 10.1 Å². The third-order valence-electron chi connectivity index (χ3n) is 3.27. The first-order valence-electron chi connectivity index (χ1n) is 6.99. The van der Waals surface area contributed by atoms with Gasteiger partial charge in [-0.15, -0.1) is 0 Å². The Balaban J connectivity index is 2.33. The number of carboxylic acids is 1. The standard InChI is InChI=1S/C16H15N3O6/c1-24-14-8-15(25-2)13(19(22)23)7-10(14)9-17-18-12-6-4-3-5-11(12)16(20)21/h3-9,18H,1-2H3,(H,20,21). The number of hydrogen-bond acceptors (Lipinski definition) is 7. The Kier molecular flexibility index (Phi) is 5.51. The van der Waals surface area contributed by atoms with Crippen molar-refractivity contribution in [2.45, 2.75) is 0 Å². The molecule has 0 fully saturated rings. The van der Waals surface area contributed by atoms with E-state index in [2.05, 4.69) is 10.5 Å². The molecule has 0 atom stereocenters. The van der Waals surface area contributed by atoms with E-state index in [0.717, 1.165) is 0 Å². The first kappa shape index (κ1) is 17.7. The first-order valence-corrected chi connectivity index (χ1v) is 6.99. The van der Waals surface area contributed by atoms with E-state index >= 15 is 0 Å². The fourth-order valence-corrected chi connectivity index (χ4v) is 2.09. The maximum atomic E-state index is 11.1. The van der Waals surface area contributed by atoms with Crippen LogP contribution in [0.4, 0.5) is 11.4 Å². The van der Waals surface area contributed by atoms with Crippen molar-refractivity contribution in [1.29, 1.82) is 0 Å².